The van der Waals surface area contributed by atoms with E-state index in [-0.39, 0.29) is 11.4 Å². The van der Waals surface area contributed by atoms with Gasteiger partial charge in [0.2, 0.25) is 0 Å². The summed E-state index contributed by atoms with van der Waals surface area (Å²) in [6, 6.07) is 15.1. The Morgan fingerprint density at radius 3 is 1.42 bits per heavy atom. The van der Waals surface area contributed by atoms with Gasteiger partial charge in [0.1, 0.15) is 0 Å². The molecule has 0 fully saturated rings. The van der Waals surface area contributed by atoms with Gasteiger partial charge in [-0.25, -0.2) is 0 Å². The van der Waals surface area contributed by atoms with E-state index >= 15 is 4.20 Å². The molecular weight excluding hydrogens is 388 g/mol. The van der Waals surface area contributed by atoms with Crippen LogP contribution in [0, 0.1) is 0 Å². The Kier molecular flexibility index (Phi) is 4.45. The van der Waals surface area contributed by atoms with E-state index in [2.05, 4.69) is 13.5 Å². The molecule has 4 nitrogen and oxygen atoms in total. The molecule has 0 aromatic heterocycles. The molecule has 0 saturated carbocycles. The van der Waals surface area contributed by atoms with Crippen molar-refractivity contribution < 1.29 is 21.0 Å². The minimum atomic E-state index is -5.79. The van der Waals surface area contributed by atoms with E-state index in [4.69, 9.17) is 0 Å². The number of nitrogens with zero attached hydrogens (tertiary/aromatic N) is 4. The third-order valence-electron chi connectivity index (χ3n) is 2.91. The molecule has 0 amide bonds. The highest BCUT2D eigenvalue weighted by Crippen LogP contribution is 2.83. The van der Waals surface area contributed by atoms with Crippen LogP contribution in [-0.4, -0.2) is 0 Å². The Morgan fingerprint density at radius 1 is 0.583 bits per heavy atom. The molecule has 1 unspecified atom stereocenters. The molecule has 2 aromatic rings. The van der Waals surface area contributed by atoms with Gasteiger partial charge in [0.05, 0.1) is 11.4 Å². The molecule has 1 aliphatic rings. The zero-order chi connectivity index (χ0) is 17.4. The second-order valence-corrected chi connectivity index (χ2v) is 10.0. The van der Waals surface area contributed by atoms with Crippen LogP contribution in [0.15, 0.2) is 74.2 Å². The Morgan fingerprint density at radius 2 is 1.00 bits per heavy atom. The third kappa shape index (κ3) is 3.64. The van der Waals surface area contributed by atoms with E-state index in [1.54, 1.807) is 12.1 Å². The molecule has 0 bridgehead atoms. The zero-order valence-electron chi connectivity index (χ0n) is 11.8. The van der Waals surface area contributed by atoms with Crippen molar-refractivity contribution in [2.45, 2.75) is 0 Å². The number of halogens is 5. The summed E-state index contributed by atoms with van der Waals surface area (Å²) in [6.07, 6.45) is 0. The maximum absolute atomic E-state index is 15.3. The van der Waals surface area contributed by atoms with Crippen LogP contribution in [0.4, 0.5) is 32.4 Å². The van der Waals surface area contributed by atoms with Crippen LogP contribution in [-0.2, 0) is 0 Å². The van der Waals surface area contributed by atoms with E-state index in [1.807, 2.05) is 0 Å². The SMILES string of the molecule is FP1(F)=NP(F)(F)=NP(F)(N(c2ccccc2)c2ccccc2)=N1. The minimum Gasteiger partial charge on any atom is -0.265 e. The summed E-state index contributed by atoms with van der Waals surface area (Å²) in [5.74, 6) is 0. The lowest BCUT2D eigenvalue weighted by Gasteiger charge is -2.30. The van der Waals surface area contributed by atoms with Crippen LogP contribution in [0.25, 0.3) is 0 Å². The second-order valence-electron chi connectivity index (χ2n) is 4.66. The van der Waals surface area contributed by atoms with Crippen LogP contribution < -0.4 is 4.67 Å². The molecule has 2 aromatic carbocycles. The molecule has 1 atom stereocenters. The summed E-state index contributed by atoms with van der Waals surface area (Å²) < 4.78 is 78.1. The topological polar surface area (TPSA) is 40.3 Å². The maximum Gasteiger partial charge on any atom is 0.424 e. The molecule has 1 heterocycles. The van der Waals surface area contributed by atoms with Gasteiger partial charge in [-0.2, -0.15) is 4.20 Å². The van der Waals surface area contributed by atoms with Crippen LogP contribution in [0.3, 0.4) is 0 Å². The van der Waals surface area contributed by atoms with Crippen LogP contribution in [0.2, 0.25) is 0 Å². The predicted molar refractivity (Wildman–Crippen MR) is 88.6 cm³/mol. The maximum atomic E-state index is 15.3. The van der Waals surface area contributed by atoms with Gasteiger partial charge < -0.3 is 0 Å². The molecule has 1 aliphatic heterocycles. The first-order chi connectivity index (χ1) is 11.2. The molecule has 24 heavy (non-hydrogen) atoms. The van der Waals surface area contributed by atoms with E-state index in [0.717, 1.165) is 4.67 Å². The van der Waals surface area contributed by atoms with Crippen molar-refractivity contribution in [1.82, 2.24) is 0 Å². The lowest BCUT2D eigenvalue weighted by atomic mass is 10.3. The average Bonchev–Trinajstić information content (AvgIpc) is 2.45. The quantitative estimate of drug-likeness (QED) is 0.377. The van der Waals surface area contributed by atoms with Gasteiger partial charge >= 0.3 is 23.3 Å². The monoisotopic (exact) mass is 398 g/mol. The van der Waals surface area contributed by atoms with Gasteiger partial charge in [-0.1, -0.05) is 36.4 Å². The van der Waals surface area contributed by atoms with E-state index in [1.165, 1.54) is 48.5 Å². The number of hydrogen-bond donors (Lipinski definition) is 0. The van der Waals surface area contributed by atoms with Gasteiger partial charge in [0.25, 0.3) is 0 Å². The summed E-state index contributed by atoms with van der Waals surface area (Å²) in [5, 5.41) is 0. The second kappa shape index (κ2) is 6.14. The predicted octanol–water partition coefficient (Wildman–Crippen LogP) is 8.52. The number of para-hydroxylation sites is 2. The summed E-state index contributed by atoms with van der Waals surface area (Å²) >= 11 is 0. The van der Waals surface area contributed by atoms with Crippen LogP contribution >= 0.6 is 23.3 Å². The lowest BCUT2D eigenvalue weighted by Crippen LogP contribution is -2.10. The molecule has 3 rings (SSSR count). The first-order valence-corrected chi connectivity index (χ1v) is 11.0. The number of anilines is 2. The van der Waals surface area contributed by atoms with Gasteiger partial charge in [-0.15, -0.1) is 30.3 Å². The van der Waals surface area contributed by atoms with Crippen molar-refractivity contribution in [3.05, 3.63) is 60.7 Å². The van der Waals surface area contributed by atoms with Crippen molar-refractivity contribution in [2.75, 3.05) is 4.67 Å². The fourth-order valence-corrected chi connectivity index (χ4v) is 8.23. The smallest absolute Gasteiger partial charge is 0.265 e. The Bertz CT molecular complexity index is 860. The molecule has 128 valence electrons. The highest BCUT2D eigenvalue weighted by atomic mass is 31.3. The Balaban J connectivity index is 2.30. The van der Waals surface area contributed by atoms with Gasteiger partial charge in [0.15, 0.2) is 0 Å². The van der Waals surface area contributed by atoms with E-state index in [9.17, 15) is 16.8 Å². The Labute approximate surface area is 135 Å². The highest BCUT2D eigenvalue weighted by Gasteiger charge is 2.43. The van der Waals surface area contributed by atoms with Crippen molar-refractivity contribution in [2.24, 2.45) is 13.5 Å². The Hall–Kier alpha value is -1.42. The summed E-state index contributed by atoms with van der Waals surface area (Å²) in [5.41, 5.74) is 0.211. The lowest BCUT2D eigenvalue weighted by molar-refractivity contribution is 0.696. The van der Waals surface area contributed by atoms with Crippen LogP contribution in [0.5, 0.6) is 0 Å². The summed E-state index contributed by atoms with van der Waals surface area (Å²) in [7, 11) is -16.6. The van der Waals surface area contributed by atoms with Crippen molar-refractivity contribution in [3.63, 3.8) is 0 Å². The third-order valence-corrected chi connectivity index (χ3v) is 9.15. The minimum absolute atomic E-state index is 0.105. The molecule has 0 N–H and O–H groups in total. The number of hydrogen-bond acceptors (Lipinski definition) is 4. The molecule has 12 heteroatoms. The fourth-order valence-electron chi connectivity index (χ4n) is 2.12. The molecule has 0 spiro atoms. The van der Waals surface area contributed by atoms with Gasteiger partial charge in [-0.3, -0.25) is 4.67 Å². The molecule has 0 aliphatic carbocycles. The van der Waals surface area contributed by atoms with Gasteiger partial charge in [0, 0.05) is 0 Å². The largest absolute Gasteiger partial charge is 0.424 e. The van der Waals surface area contributed by atoms with E-state index < -0.39 is 23.3 Å². The standard InChI is InChI=1S/C12H10F5N4P3/c13-22(14)18-23(15,16)20-24(17,19-22)21(11-7-3-1-4-8-11)12-9-5-2-6-10-12/h1-10H. The van der Waals surface area contributed by atoms with E-state index in [0.29, 0.717) is 0 Å². The summed E-state index contributed by atoms with van der Waals surface area (Å²) in [6.45, 7) is 0. The summed E-state index contributed by atoms with van der Waals surface area (Å²) in [4.78, 5) is 0. The average molecular weight is 398 g/mol. The molecule has 0 saturated heterocycles. The molecular formula is C12H10F5N4P3. The van der Waals surface area contributed by atoms with Crippen molar-refractivity contribution in [3.8, 4) is 0 Å². The van der Waals surface area contributed by atoms with Crippen molar-refractivity contribution >= 4 is 34.7 Å². The van der Waals surface area contributed by atoms with Gasteiger partial charge in [-0.05, 0) is 24.3 Å². The molecule has 0 radical (unpaired) electrons. The fraction of sp³-hybridized carbons (Fsp3) is 0. The highest BCUT2D eigenvalue weighted by molar-refractivity contribution is 7.80. The number of rotatable bonds is 3. The van der Waals surface area contributed by atoms with Crippen molar-refractivity contribution in [1.29, 1.82) is 0 Å². The van der Waals surface area contributed by atoms with Crippen LogP contribution in [0.1, 0.15) is 0 Å². The first kappa shape index (κ1) is 17.4. The zero-order valence-corrected chi connectivity index (χ0v) is 14.5. The normalized spacial score (nSPS) is 24.2. The number of benzene rings is 2. The first-order valence-electron chi connectivity index (χ1n) is 6.51.